The highest BCUT2D eigenvalue weighted by Crippen LogP contribution is 2.42. The number of amides is 1. The number of thiophene rings is 1. The van der Waals surface area contributed by atoms with Crippen LogP contribution in [0.15, 0.2) is 41.4 Å². The van der Waals surface area contributed by atoms with Gasteiger partial charge in [-0.25, -0.2) is 0 Å². The van der Waals surface area contributed by atoms with E-state index in [2.05, 4.69) is 0 Å². The van der Waals surface area contributed by atoms with Crippen LogP contribution in [0.5, 0.6) is 23.0 Å². The first-order valence-electron chi connectivity index (χ1n) is 11.3. The fraction of sp³-hybridized carbons (Fsp3) is 0.296. The molecule has 1 aromatic heterocycles. The van der Waals surface area contributed by atoms with Gasteiger partial charge < -0.3 is 18.9 Å². The molecule has 0 spiro atoms. The van der Waals surface area contributed by atoms with Gasteiger partial charge in [-0.1, -0.05) is 12.1 Å². The molecule has 3 aromatic rings. The molecule has 0 aliphatic carbocycles. The molecule has 1 aliphatic rings. The van der Waals surface area contributed by atoms with Crippen molar-refractivity contribution in [2.75, 3.05) is 46.4 Å². The average molecular weight is 509 g/mol. The van der Waals surface area contributed by atoms with Crippen molar-refractivity contribution in [2.24, 2.45) is 4.99 Å². The Kier molecular flexibility index (Phi) is 7.30. The summed E-state index contributed by atoms with van der Waals surface area (Å²) in [5, 5.41) is 0.691. The molecule has 36 heavy (non-hydrogen) atoms. The van der Waals surface area contributed by atoms with Gasteiger partial charge in [0.15, 0.2) is 17.3 Å². The number of Topliss-reactive ketones (excluding diaryl/α,β-unsaturated/α-hetero) is 1. The molecule has 0 saturated heterocycles. The van der Waals surface area contributed by atoms with Gasteiger partial charge in [0, 0.05) is 21.6 Å². The Hall–Kier alpha value is -3.85. The number of hydrogen-bond acceptors (Lipinski definition) is 8. The Bertz CT molecular complexity index is 1340. The zero-order valence-electron chi connectivity index (χ0n) is 21.1. The third-order valence-corrected chi connectivity index (χ3v) is 7.38. The predicted octanol–water partition coefficient (Wildman–Crippen LogP) is 4.47. The fourth-order valence-corrected chi connectivity index (χ4v) is 5.32. The number of carbonyl (C=O) groups excluding carboxylic acids is 2. The molecule has 1 amide bonds. The van der Waals surface area contributed by atoms with E-state index in [1.54, 1.807) is 52.7 Å². The normalized spacial score (nSPS) is 13.0. The summed E-state index contributed by atoms with van der Waals surface area (Å²) in [6.45, 7) is 3.79. The van der Waals surface area contributed by atoms with E-state index in [1.165, 1.54) is 16.2 Å². The first-order valence-corrected chi connectivity index (χ1v) is 12.1. The highest BCUT2D eigenvalue weighted by atomic mass is 32.1. The number of hydrogen-bond donors (Lipinski definition) is 0. The first kappa shape index (κ1) is 25.2. The van der Waals surface area contributed by atoms with Crippen LogP contribution >= 0.6 is 11.3 Å². The second-order valence-electron chi connectivity index (χ2n) is 8.18. The Morgan fingerprint density at radius 1 is 1.00 bits per heavy atom. The minimum absolute atomic E-state index is 0.0999. The number of carbonyl (C=O) groups is 2. The summed E-state index contributed by atoms with van der Waals surface area (Å²) >= 11 is 1.47. The molecule has 2 heterocycles. The van der Waals surface area contributed by atoms with Crippen molar-refractivity contribution in [2.45, 2.75) is 13.8 Å². The Balaban J connectivity index is 1.80. The number of methoxy groups -OCH3 is 4. The third kappa shape index (κ3) is 4.54. The van der Waals surface area contributed by atoms with Crippen LogP contribution in [0.1, 0.15) is 31.9 Å². The molecular formula is C27H28N2O6S. The summed E-state index contributed by atoms with van der Waals surface area (Å²) in [5.74, 6) is 1.59. The molecule has 0 fully saturated rings. The van der Waals surface area contributed by atoms with Crippen LogP contribution in [0.2, 0.25) is 0 Å². The lowest BCUT2D eigenvalue weighted by Gasteiger charge is -2.20. The minimum atomic E-state index is -0.254. The second kappa shape index (κ2) is 10.4. The highest BCUT2D eigenvalue weighted by molar-refractivity contribution is 7.17. The van der Waals surface area contributed by atoms with Gasteiger partial charge in [-0.2, -0.15) is 0 Å². The number of ether oxygens (including phenoxy) is 4. The lowest BCUT2D eigenvalue weighted by Crippen LogP contribution is -2.36. The minimum Gasteiger partial charge on any atom is -0.497 e. The van der Waals surface area contributed by atoms with Crippen LogP contribution in [0.4, 0.5) is 5.00 Å². The monoisotopic (exact) mass is 508 g/mol. The van der Waals surface area contributed by atoms with Gasteiger partial charge in [0.05, 0.1) is 40.7 Å². The van der Waals surface area contributed by atoms with Gasteiger partial charge >= 0.3 is 0 Å². The van der Waals surface area contributed by atoms with Crippen LogP contribution in [0.25, 0.3) is 0 Å². The number of ketones is 1. The van der Waals surface area contributed by atoms with Gasteiger partial charge in [0.2, 0.25) is 11.7 Å². The molecular weight excluding hydrogens is 480 g/mol. The van der Waals surface area contributed by atoms with E-state index in [1.807, 2.05) is 26.0 Å². The van der Waals surface area contributed by atoms with Crippen LogP contribution in [-0.2, 0) is 4.79 Å². The van der Waals surface area contributed by atoms with Gasteiger partial charge in [0.1, 0.15) is 17.3 Å². The van der Waals surface area contributed by atoms with Crippen LogP contribution in [0.3, 0.4) is 0 Å². The maximum absolute atomic E-state index is 13.3. The zero-order valence-corrected chi connectivity index (χ0v) is 21.9. The summed E-state index contributed by atoms with van der Waals surface area (Å²) in [7, 11) is 6.20. The number of rotatable bonds is 8. The molecule has 4 rings (SSSR count). The molecule has 0 saturated carbocycles. The standard InChI is InChI=1S/C27H28N2O6S/c1-15-16(2)36-27-24(15)25(18-11-21(33-4)26(35-6)22(12-18)34-5)28-13-23(31)29(27)14-20(30)17-8-7-9-19(10-17)32-3/h7-12H,13-14H2,1-6H3. The Morgan fingerprint density at radius 3 is 2.31 bits per heavy atom. The van der Waals surface area contributed by atoms with Crippen molar-refractivity contribution in [1.82, 2.24) is 0 Å². The lowest BCUT2D eigenvalue weighted by molar-refractivity contribution is -0.117. The number of benzene rings is 2. The molecule has 2 aromatic carbocycles. The van der Waals surface area contributed by atoms with Gasteiger partial charge in [-0.05, 0) is 43.7 Å². The maximum atomic E-state index is 13.3. The molecule has 8 nitrogen and oxygen atoms in total. The van der Waals surface area contributed by atoms with Crippen LogP contribution in [-0.4, -0.2) is 58.9 Å². The van der Waals surface area contributed by atoms with Crippen molar-refractivity contribution in [3.05, 3.63) is 63.5 Å². The van der Waals surface area contributed by atoms with Crippen molar-refractivity contribution < 1.29 is 28.5 Å². The van der Waals surface area contributed by atoms with E-state index < -0.39 is 0 Å². The summed E-state index contributed by atoms with van der Waals surface area (Å²) in [5.41, 5.74) is 3.65. The molecule has 0 atom stereocenters. The second-order valence-corrected chi connectivity index (χ2v) is 9.38. The number of anilines is 1. The molecule has 1 aliphatic heterocycles. The smallest absolute Gasteiger partial charge is 0.249 e. The molecule has 0 N–H and O–H groups in total. The third-order valence-electron chi connectivity index (χ3n) is 6.15. The lowest BCUT2D eigenvalue weighted by atomic mass is 9.99. The van der Waals surface area contributed by atoms with E-state index in [9.17, 15) is 9.59 Å². The topological polar surface area (TPSA) is 86.7 Å². The molecule has 0 radical (unpaired) electrons. The highest BCUT2D eigenvalue weighted by Gasteiger charge is 2.32. The van der Waals surface area contributed by atoms with E-state index >= 15 is 0 Å². The summed E-state index contributed by atoms with van der Waals surface area (Å²) in [4.78, 5) is 33.8. The Morgan fingerprint density at radius 2 is 1.69 bits per heavy atom. The van der Waals surface area contributed by atoms with Crippen molar-refractivity contribution >= 4 is 33.7 Å². The van der Waals surface area contributed by atoms with Crippen molar-refractivity contribution in [3.8, 4) is 23.0 Å². The van der Waals surface area contributed by atoms with E-state index in [0.29, 0.717) is 39.3 Å². The summed E-state index contributed by atoms with van der Waals surface area (Å²) in [6, 6.07) is 10.6. The van der Waals surface area contributed by atoms with Crippen LogP contribution in [0, 0.1) is 13.8 Å². The number of aliphatic imine (C=N–C) groups is 1. The van der Waals surface area contributed by atoms with E-state index in [-0.39, 0.29) is 24.8 Å². The van der Waals surface area contributed by atoms with Gasteiger partial charge in [-0.15, -0.1) is 11.3 Å². The summed E-state index contributed by atoms with van der Waals surface area (Å²) in [6.07, 6.45) is 0. The van der Waals surface area contributed by atoms with Crippen molar-refractivity contribution in [3.63, 3.8) is 0 Å². The van der Waals surface area contributed by atoms with E-state index in [4.69, 9.17) is 23.9 Å². The average Bonchev–Trinajstić information content (AvgIpc) is 3.11. The molecule has 0 bridgehead atoms. The van der Waals surface area contributed by atoms with Crippen molar-refractivity contribution in [1.29, 1.82) is 0 Å². The summed E-state index contributed by atoms with van der Waals surface area (Å²) < 4.78 is 21.8. The number of nitrogens with zero attached hydrogens (tertiary/aromatic N) is 2. The molecule has 188 valence electrons. The fourth-order valence-electron chi connectivity index (χ4n) is 4.15. The van der Waals surface area contributed by atoms with E-state index in [0.717, 1.165) is 21.6 Å². The van der Waals surface area contributed by atoms with Crippen LogP contribution < -0.4 is 23.8 Å². The van der Waals surface area contributed by atoms with Gasteiger partial charge in [-0.3, -0.25) is 19.5 Å². The van der Waals surface area contributed by atoms with Gasteiger partial charge in [0.25, 0.3) is 0 Å². The number of fused-ring (bicyclic) bond motifs is 1. The Labute approximate surface area is 214 Å². The number of aryl methyl sites for hydroxylation is 1. The SMILES string of the molecule is COc1cccc(C(=O)CN2C(=O)CN=C(c3cc(OC)c(OC)c(OC)c3)c3c2sc(C)c3C)c1. The molecule has 9 heteroatoms. The zero-order chi connectivity index (χ0) is 26.0. The first-order chi connectivity index (χ1) is 17.3. The quantitative estimate of drug-likeness (QED) is 0.418. The molecule has 0 unspecified atom stereocenters. The largest absolute Gasteiger partial charge is 0.497 e. The predicted molar refractivity (Wildman–Crippen MR) is 140 cm³/mol. The maximum Gasteiger partial charge on any atom is 0.249 e.